The van der Waals surface area contributed by atoms with E-state index in [9.17, 15) is 14.4 Å². The molecule has 1 atom stereocenters. The van der Waals surface area contributed by atoms with E-state index in [1.165, 1.54) is 6.92 Å². The molecule has 7 nitrogen and oxygen atoms in total. The van der Waals surface area contributed by atoms with Crippen molar-refractivity contribution < 1.29 is 19.1 Å². The third-order valence-electron chi connectivity index (χ3n) is 7.40. The number of aromatic nitrogens is 1. The SMILES string of the molecule is C=C(CCC(C)=O)NCCC(=O)OC(C=O)(CC)C1=C(CCC)C(=C)N2Cc3cc4ccccc4nc3C2=C1. The Morgan fingerprint density at radius 2 is 1.97 bits per heavy atom. The lowest BCUT2D eigenvalue weighted by Gasteiger charge is -2.37. The molecule has 0 amide bonds. The number of rotatable bonds is 13. The highest BCUT2D eigenvalue weighted by molar-refractivity contribution is 5.87. The van der Waals surface area contributed by atoms with Crippen molar-refractivity contribution in [3.05, 3.63) is 83.4 Å². The van der Waals surface area contributed by atoms with Crippen molar-refractivity contribution in [2.45, 2.75) is 71.4 Å². The number of nitrogens with one attached hydrogen (secondary N) is 1. The van der Waals surface area contributed by atoms with Gasteiger partial charge in [0.15, 0.2) is 11.9 Å². The number of ether oxygens (including phenoxy) is 1. The van der Waals surface area contributed by atoms with Crippen LogP contribution in [0.2, 0.25) is 0 Å². The number of nitrogens with zero attached hydrogens (tertiary/aromatic N) is 2. The fourth-order valence-corrected chi connectivity index (χ4v) is 5.22. The number of carbonyl (C=O) groups excluding carboxylic acids is 3. The molecular weight excluding hydrogens is 490 g/mol. The van der Waals surface area contributed by atoms with Crippen LogP contribution in [0.15, 0.2) is 72.1 Å². The summed E-state index contributed by atoms with van der Waals surface area (Å²) in [6.45, 7) is 14.7. The molecule has 204 valence electrons. The molecule has 0 saturated carbocycles. The summed E-state index contributed by atoms with van der Waals surface area (Å²) >= 11 is 0. The molecule has 3 heterocycles. The molecule has 0 radical (unpaired) electrons. The smallest absolute Gasteiger partial charge is 0.308 e. The Morgan fingerprint density at radius 1 is 1.21 bits per heavy atom. The maximum atomic E-state index is 13.0. The van der Waals surface area contributed by atoms with Crippen molar-refractivity contribution in [2.24, 2.45) is 0 Å². The summed E-state index contributed by atoms with van der Waals surface area (Å²) in [6.07, 6.45) is 5.54. The average Bonchev–Trinajstić information content (AvgIpc) is 3.28. The molecule has 0 saturated heterocycles. The number of benzene rings is 1. The molecule has 7 heteroatoms. The van der Waals surface area contributed by atoms with Crippen LogP contribution in [0.1, 0.15) is 70.6 Å². The lowest BCUT2D eigenvalue weighted by molar-refractivity contribution is -0.159. The predicted octanol–water partition coefficient (Wildman–Crippen LogP) is 5.77. The predicted molar refractivity (Wildman–Crippen MR) is 153 cm³/mol. The zero-order chi connectivity index (χ0) is 28.2. The highest BCUT2D eigenvalue weighted by atomic mass is 16.6. The van der Waals surface area contributed by atoms with E-state index in [0.29, 0.717) is 50.0 Å². The number of hydrogen-bond donors (Lipinski definition) is 1. The number of Topliss-reactive ketones (excluding diaryl/α,β-unsaturated/α-hetero) is 1. The molecule has 0 spiro atoms. The van der Waals surface area contributed by atoms with Crippen LogP contribution in [0.5, 0.6) is 0 Å². The molecule has 1 unspecified atom stereocenters. The zero-order valence-electron chi connectivity index (χ0n) is 23.1. The molecule has 0 aliphatic carbocycles. The molecule has 2 aliphatic rings. The molecule has 1 aromatic heterocycles. The Hall–Kier alpha value is -4.00. The molecule has 0 fully saturated rings. The van der Waals surface area contributed by atoms with E-state index in [-0.39, 0.29) is 12.2 Å². The third-order valence-corrected chi connectivity index (χ3v) is 7.40. The Labute approximate surface area is 230 Å². The van der Waals surface area contributed by atoms with Gasteiger partial charge in [-0.1, -0.05) is 51.6 Å². The minimum Gasteiger partial charge on any atom is -0.446 e. The molecule has 4 rings (SSSR count). The fourth-order valence-electron chi connectivity index (χ4n) is 5.22. The summed E-state index contributed by atoms with van der Waals surface area (Å²) in [5.74, 6) is -0.399. The summed E-state index contributed by atoms with van der Waals surface area (Å²) in [6, 6.07) is 10.2. The second-order valence-corrected chi connectivity index (χ2v) is 10.2. The van der Waals surface area contributed by atoms with Crippen molar-refractivity contribution in [1.29, 1.82) is 0 Å². The molecule has 2 aromatic rings. The number of fused-ring (bicyclic) bond motifs is 4. The molecule has 1 aromatic carbocycles. The quantitative estimate of drug-likeness (QED) is 0.261. The molecule has 39 heavy (non-hydrogen) atoms. The van der Waals surface area contributed by atoms with Crippen LogP contribution in [0.25, 0.3) is 16.6 Å². The Kier molecular flexibility index (Phi) is 8.48. The number of pyridine rings is 1. The highest BCUT2D eigenvalue weighted by Gasteiger charge is 2.42. The Morgan fingerprint density at radius 3 is 2.67 bits per heavy atom. The van der Waals surface area contributed by atoms with Crippen LogP contribution in [0, 0.1) is 0 Å². The van der Waals surface area contributed by atoms with E-state index < -0.39 is 11.6 Å². The number of esters is 1. The minimum absolute atomic E-state index is 0.0606. The van der Waals surface area contributed by atoms with Gasteiger partial charge in [-0.15, -0.1) is 0 Å². The van der Waals surface area contributed by atoms with Crippen molar-refractivity contribution >= 4 is 34.6 Å². The van der Waals surface area contributed by atoms with E-state index >= 15 is 0 Å². The molecule has 0 bridgehead atoms. The minimum atomic E-state index is -1.44. The first-order valence-corrected chi connectivity index (χ1v) is 13.6. The van der Waals surface area contributed by atoms with Gasteiger partial charge in [-0.2, -0.15) is 0 Å². The second-order valence-electron chi connectivity index (χ2n) is 10.2. The first-order valence-electron chi connectivity index (χ1n) is 13.6. The highest BCUT2D eigenvalue weighted by Crippen LogP contribution is 2.46. The van der Waals surface area contributed by atoms with Crippen LogP contribution < -0.4 is 5.32 Å². The van der Waals surface area contributed by atoms with Gasteiger partial charge in [-0.25, -0.2) is 4.98 Å². The topological polar surface area (TPSA) is 88.6 Å². The molecule has 2 aliphatic heterocycles. The number of aldehydes is 1. The fraction of sp³-hybridized carbons (Fsp3) is 0.375. The van der Waals surface area contributed by atoms with Gasteiger partial charge in [-0.05, 0) is 50.0 Å². The van der Waals surface area contributed by atoms with E-state index in [4.69, 9.17) is 9.72 Å². The molecular formula is C32H37N3O4. The van der Waals surface area contributed by atoms with E-state index in [2.05, 4.69) is 42.4 Å². The van der Waals surface area contributed by atoms with Gasteiger partial charge in [0.25, 0.3) is 0 Å². The van der Waals surface area contributed by atoms with Gasteiger partial charge in [0.1, 0.15) is 5.78 Å². The maximum absolute atomic E-state index is 13.0. The lowest BCUT2D eigenvalue weighted by atomic mass is 9.82. The first kappa shape index (κ1) is 28.0. The van der Waals surface area contributed by atoms with E-state index in [1.807, 2.05) is 31.2 Å². The van der Waals surface area contributed by atoms with Crippen LogP contribution in [-0.4, -0.2) is 40.1 Å². The number of ketones is 1. The standard InChI is InChI=1S/C32H37N3O4/c1-6-10-26-23(5)35-19-25-17-24-11-8-9-12-28(24)34-31(25)29(35)18-27(26)32(7-2,20-36)39-30(38)15-16-33-21(3)13-14-22(4)37/h8-9,11-12,17-18,20,33H,3,5-7,10,13-16,19H2,1-2,4H3. The number of carbonyl (C=O) groups is 3. The van der Waals surface area contributed by atoms with E-state index in [0.717, 1.165) is 51.8 Å². The van der Waals surface area contributed by atoms with Crippen LogP contribution in [-0.2, 0) is 25.7 Å². The summed E-state index contributed by atoms with van der Waals surface area (Å²) in [5, 5.41) is 4.15. The van der Waals surface area contributed by atoms with Gasteiger partial charge >= 0.3 is 5.97 Å². The summed E-state index contributed by atoms with van der Waals surface area (Å²) in [4.78, 5) is 44.0. The van der Waals surface area contributed by atoms with Crippen LogP contribution >= 0.6 is 0 Å². The third kappa shape index (κ3) is 5.72. The van der Waals surface area contributed by atoms with Gasteiger partial charge in [0.05, 0.1) is 29.9 Å². The summed E-state index contributed by atoms with van der Waals surface area (Å²) in [7, 11) is 0. The normalized spacial score (nSPS) is 15.8. The van der Waals surface area contributed by atoms with Gasteiger partial charge < -0.3 is 19.7 Å². The van der Waals surface area contributed by atoms with Gasteiger partial charge in [0, 0.05) is 40.9 Å². The largest absolute Gasteiger partial charge is 0.446 e. The van der Waals surface area contributed by atoms with Crippen molar-refractivity contribution in [3.63, 3.8) is 0 Å². The Balaban J connectivity index is 1.63. The van der Waals surface area contributed by atoms with Crippen molar-refractivity contribution in [2.75, 3.05) is 6.54 Å². The average molecular weight is 528 g/mol. The van der Waals surface area contributed by atoms with E-state index in [1.54, 1.807) is 0 Å². The second kappa shape index (κ2) is 11.8. The number of para-hydroxylation sites is 1. The van der Waals surface area contributed by atoms with Crippen LogP contribution in [0.3, 0.4) is 0 Å². The monoisotopic (exact) mass is 527 g/mol. The first-order chi connectivity index (χ1) is 18.7. The lowest BCUT2D eigenvalue weighted by Crippen LogP contribution is -2.41. The van der Waals surface area contributed by atoms with Gasteiger partial charge in [-0.3, -0.25) is 9.59 Å². The van der Waals surface area contributed by atoms with Gasteiger partial charge in [0.2, 0.25) is 0 Å². The van der Waals surface area contributed by atoms with Crippen LogP contribution in [0.4, 0.5) is 0 Å². The summed E-state index contributed by atoms with van der Waals surface area (Å²) < 4.78 is 5.97. The van der Waals surface area contributed by atoms with Crippen molar-refractivity contribution in [3.8, 4) is 0 Å². The number of hydrogen-bond acceptors (Lipinski definition) is 7. The zero-order valence-corrected chi connectivity index (χ0v) is 23.1. The molecule has 1 N–H and O–H groups in total. The van der Waals surface area contributed by atoms with Crippen molar-refractivity contribution in [1.82, 2.24) is 15.2 Å². The number of allylic oxidation sites excluding steroid dienone is 2. The maximum Gasteiger partial charge on any atom is 0.308 e. The summed E-state index contributed by atoms with van der Waals surface area (Å²) in [5.41, 5.74) is 5.39. The Bertz CT molecular complexity index is 1400.